The van der Waals surface area contributed by atoms with Crippen LogP contribution in [0, 0.1) is 5.92 Å². The van der Waals surface area contributed by atoms with E-state index in [0.717, 1.165) is 5.56 Å². The van der Waals surface area contributed by atoms with Gasteiger partial charge < -0.3 is 15.4 Å². The van der Waals surface area contributed by atoms with Crippen LogP contribution < -0.4 is 10.6 Å². The van der Waals surface area contributed by atoms with Crippen LogP contribution in [0.5, 0.6) is 0 Å². The van der Waals surface area contributed by atoms with E-state index in [9.17, 15) is 13.6 Å². The summed E-state index contributed by atoms with van der Waals surface area (Å²) in [5, 5.41) is 4.96. The lowest BCUT2D eigenvalue weighted by Gasteiger charge is -2.25. The summed E-state index contributed by atoms with van der Waals surface area (Å²) in [6.07, 6.45) is -0.837. The van der Waals surface area contributed by atoms with Crippen molar-refractivity contribution in [3.63, 3.8) is 0 Å². The van der Waals surface area contributed by atoms with Gasteiger partial charge in [-0.2, -0.15) is 0 Å². The maximum absolute atomic E-state index is 13.9. The van der Waals surface area contributed by atoms with Crippen LogP contribution in [0.4, 0.5) is 13.6 Å². The molecule has 0 aliphatic rings. The van der Waals surface area contributed by atoms with Crippen LogP contribution in [0.15, 0.2) is 30.3 Å². The van der Waals surface area contributed by atoms with E-state index in [1.165, 1.54) is 0 Å². The first kappa shape index (κ1) is 21.4. The van der Waals surface area contributed by atoms with Crippen molar-refractivity contribution >= 4 is 6.09 Å². The Morgan fingerprint density at radius 1 is 1.12 bits per heavy atom. The summed E-state index contributed by atoms with van der Waals surface area (Å²) in [7, 11) is 0. The molecule has 6 heteroatoms. The van der Waals surface area contributed by atoms with Crippen molar-refractivity contribution in [3.8, 4) is 0 Å². The van der Waals surface area contributed by atoms with Crippen molar-refractivity contribution in [3.05, 3.63) is 35.9 Å². The minimum absolute atomic E-state index is 0.149. The Kier molecular flexibility index (Phi) is 7.80. The molecule has 1 atom stereocenters. The summed E-state index contributed by atoms with van der Waals surface area (Å²) in [5.74, 6) is -2.58. The normalized spacial score (nSPS) is 13.6. The number of amides is 1. The van der Waals surface area contributed by atoms with Gasteiger partial charge in [0.2, 0.25) is 0 Å². The number of hydrogen-bond acceptors (Lipinski definition) is 3. The number of alkyl carbamates (subject to hydrolysis) is 1. The highest BCUT2D eigenvalue weighted by molar-refractivity contribution is 5.67. The Hall–Kier alpha value is -1.69. The minimum Gasteiger partial charge on any atom is -0.444 e. The molecule has 1 amide bonds. The zero-order chi connectivity index (χ0) is 19.1. The van der Waals surface area contributed by atoms with E-state index in [-0.39, 0.29) is 5.92 Å². The average molecular weight is 356 g/mol. The monoisotopic (exact) mass is 356 g/mol. The lowest BCUT2D eigenvalue weighted by Crippen LogP contribution is -2.45. The molecule has 0 aromatic heterocycles. The number of ether oxygens (including phenoxy) is 1. The first-order valence-corrected chi connectivity index (χ1v) is 8.60. The second-order valence-electron chi connectivity index (χ2n) is 7.60. The molecule has 0 fully saturated rings. The van der Waals surface area contributed by atoms with E-state index in [1.54, 1.807) is 20.8 Å². The first-order chi connectivity index (χ1) is 11.5. The Bertz CT molecular complexity index is 528. The van der Waals surface area contributed by atoms with Gasteiger partial charge in [0.1, 0.15) is 5.60 Å². The summed E-state index contributed by atoms with van der Waals surface area (Å²) >= 11 is 0. The summed E-state index contributed by atoms with van der Waals surface area (Å²) < 4.78 is 32.8. The summed E-state index contributed by atoms with van der Waals surface area (Å²) in [5.41, 5.74) is 0.415. The third kappa shape index (κ3) is 8.82. The first-order valence-electron chi connectivity index (χ1n) is 8.60. The fourth-order valence-electron chi connectivity index (χ4n) is 2.43. The fraction of sp³-hybridized carbons (Fsp3) is 0.632. The molecule has 0 heterocycles. The van der Waals surface area contributed by atoms with Crippen molar-refractivity contribution < 1.29 is 18.3 Å². The largest absolute Gasteiger partial charge is 0.444 e. The number of nitrogens with one attached hydrogen (secondary N) is 2. The molecule has 0 saturated carbocycles. The second kappa shape index (κ2) is 9.13. The van der Waals surface area contributed by atoms with Crippen LogP contribution in [0.3, 0.4) is 0 Å². The van der Waals surface area contributed by atoms with Crippen LogP contribution in [-0.2, 0) is 4.74 Å². The van der Waals surface area contributed by atoms with Gasteiger partial charge in [-0.1, -0.05) is 44.2 Å². The van der Waals surface area contributed by atoms with Crippen molar-refractivity contribution in [2.45, 2.75) is 52.1 Å². The molecule has 4 nitrogen and oxygen atoms in total. The SMILES string of the molecule is CC(C)C(CNCC(F)(F)CNC(=O)OC(C)(C)C)c1ccccc1. The lowest BCUT2D eigenvalue weighted by molar-refractivity contribution is -0.00383. The molecular formula is C19H30F2N2O2. The smallest absolute Gasteiger partial charge is 0.407 e. The van der Waals surface area contributed by atoms with Gasteiger partial charge in [-0.25, -0.2) is 13.6 Å². The van der Waals surface area contributed by atoms with E-state index in [1.807, 2.05) is 30.3 Å². The number of carbonyl (C=O) groups excluding carboxylic acids is 1. The number of benzene rings is 1. The van der Waals surface area contributed by atoms with Crippen LogP contribution in [0.2, 0.25) is 0 Å². The van der Waals surface area contributed by atoms with Crippen molar-refractivity contribution in [1.82, 2.24) is 10.6 Å². The molecule has 142 valence electrons. The molecule has 0 aliphatic carbocycles. The molecular weight excluding hydrogens is 326 g/mol. The number of rotatable bonds is 8. The van der Waals surface area contributed by atoms with E-state index in [0.29, 0.717) is 12.5 Å². The van der Waals surface area contributed by atoms with Gasteiger partial charge in [0.05, 0.1) is 13.1 Å². The zero-order valence-electron chi connectivity index (χ0n) is 15.7. The van der Waals surface area contributed by atoms with E-state index in [2.05, 4.69) is 24.5 Å². The third-order valence-corrected chi connectivity index (χ3v) is 3.67. The highest BCUT2D eigenvalue weighted by atomic mass is 19.3. The maximum Gasteiger partial charge on any atom is 0.407 e. The van der Waals surface area contributed by atoms with Gasteiger partial charge in [0, 0.05) is 6.54 Å². The molecule has 1 aromatic carbocycles. The molecule has 1 rings (SSSR count). The molecule has 0 saturated heterocycles. The highest BCUT2D eigenvalue weighted by Gasteiger charge is 2.30. The Morgan fingerprint density at radius 3 is 2.24 bits per heavy atom. The van der Waals surface area contributed by atoms with E-state index >= 15 is 0 Å². The molecule has 25 heavy (non-hydrogen) atoms. The molecule has 0 radical (unpaired) electrons. The van der Waals surface area contributed by atoms with Crippen molar-refractivity contribution in [2.24, 2.45) is 5.92 Å². The minimum atomic E-state index is -3.05. The topological polar surface area (TPSA) is 50.4 Å². The molecule has 1 aromatic rings. The van der Waals surface area contributed by atoms with E-state index < -0.39 is 30.7 Å². The third-order valence-electron chi connectivity index (χ3n) is 3.67. The van der Waals surface area contributed by atoms with Gasteiger partial charge in [0.25, 0.3) is 5.92 Å². The van der Waals surface area contributed by atoms with Crippen LogP contribution in [0.25, 0.3) is 0 Å². The molecule has 2 N–H and O–H groups in total. The van der Waals surface area contributed by atoms with E-state index in [4.69, 9.17) is 4.74 Å². The standard InChI is InChI=1S/C19H30F2N2O2/c1-14(2)16(15-9-7-6-8-10-15)11-22-12-19(20,21)13-23-17(24)25-18(3,4)5/h6-10,14,16,22H,11-13H2,1-5H3,(H,23,24). The summed E-state index contributed by atoms with van der Waals surface area (Å²) in [4.78, 5) is 11.5. The average Bonchev–Trinajstić information content (AvgIpc) is 2.48. The van der Waals surface area contributed by atoms with Gasteiger partial charge >= 0.3 is 6.09 Å². The molecule has 0 bridgehead atoms. The second-order valence-corrected chi connectivity index (χ2v) is 7.60. The molecule has 0 aliphatic heterocycles. The number of alkyl halides is 2. The van der Waals surface area contributed by atoms with Crippen molar-refractivity contribution in [2.75, 3.05) is 19.6 Å². The lowest BCUT2D eigenvalue weighted by atomic mass is 9.88. The summed E-state index contributed by atoms with van der Waals surface area (Å²) in [6, 6.07) is 9.85. The predicted octanol–water partition coefficient (Wildman–Crippen LogP) is 4.18. The number of carbonyl (C=O) groups is 1. The fourth-order valence-corrected chi connectivity index (χ4v) is 2.43. The Balaban J connectivity index is 2.45. The van der Waals surface area contributed by atoms with Gasteiger partial charge in [-0.3, -0.25) is 0 Å². The summed E-state index contributed by atoms with van der Waals surface area (Å²) in [6.45, 7) is 8.38. The Labute approximate surface area is 149 Å². The predicted molar refractivity (Wildman–Crippen MR) is 96.1 cm³/mol. The molecule has 1 unspecified atom stereocenters. The molecule has 0 spiro atoms. The van der Waals surface area contributed by atoms with Crippen LogP contribution in [0.1, 0.15) is 46.1 Å². The quantitative estimate of drug-likeness (QED) is 0.735. The van der Waals surface area contributed by atoms with Gasteiger partial charge in [-0.05, 0) is 38.2 Å². The highest BCUT2D eigenvalue weighted by Crippen LogP contribution is 2.23. The number of hydrogen-bond donors (Lipinski definition) is 2. The Morgan fingerprint density at radius 2 is 1.72 bits per heavy atom. The van der Waals surface area contributed by atoms with Crippen LogP contribution in [-0.4, -0.2) is 37.3 Å². The zero-order valence-corrected chi connectivity index (χ0v) is 15.7. The van der Waals surface area contributed by atoms with Crippen molar-refractivity contribution in [1.29, 1.82) is 0 Å². The van der Waals surface area contributed by atoms with Gasteiger partial charge in [-0.15, -0.1) is 0 Å². The van der Waals surface area contributed by atoms with Gasteiger partial charge in [0.15, 0.2) is 0 Å². The van der Waals surface area contributed by atoms with Crippen LogP contribution >= 0.6 is 0 Å². The number of halogens is 2. The maximum atomic E-state index is 13.9.